The molecule has 0 amide bonds. The van der Waals surface area contributed by atoms with Crippen LogP contribution in [0.15, 0.2) is 54.6 Å². The van der Waals surface area contributed by atoms with Crippen LogP contribution in [0.3, 0.4) is 0 Å². The van der Waals surface area contributed by atoms with E-state index in [9.17, 15) is 0 Å². The molecule has 0 unspecified atom stereocenters. The van der Waals surface area contributed by atoms with E-state index in [1.807, 2.05) is 18.2 Å². The van der Waals surface area contributed by atoms with E-state index < -0.39 is 0 Å². The summed E-state index contributed by atoms with van der Waals surface area (Å²) < 4.78 is 2.10. The maximum absolute atomic E-state index is 4.92. The molecule has 0 saturated heterocycles. The monoisotopic (exact) mass is 346 g/mol. The highest BCUT2D eigenvalue weighted by atomic mass is 15.5. The molecular weight excluding hydrogens is 320 g/mol. The van der Waals surface area contributed by atoms with Crippen molar-refractivity contribution in [3.8, 4) is 22.8 Å². The fraction of sp³-hybridized carbons (Fsp3) is 0.364. The Bertz CT molecular complexity index is 884. The molecule has 0 bridgehead atoms. The standard InChI is InChI=1S/C22H26N4/c1-3-4-5-11-16-22(2)24-19-15-10-9-14-18(19)21-23-20(25-26(21)22)17-12-7-6-8-13-17/h6-10,12-15,24H,3-5,11,16H2,1-2H3/t22-/m0/s1. The molecule has 1 aromatic heterocycles. The first-order valence-electron chi connectivity index (χ1n) is 9.62. The van der Waals surface area contributed by atoms with Gasteiger partial charge in [0.25, 0.3) is 0 Å². The summed E-state index contributed by atoms with van der Waals surface area (Å²) in [4.78, 5) is 4.91. The van der Waals surface area contributed by atoms with Crippen molar-refractivity contribution in [2.75, 3.05) is 5.32 Å². The van der Waals surface area contributed by atoms with Crippen LogP contribution in [-0.2, 0) is 5.66 Å². The quantitative estimate of drug-likeness (QED) is 0.584. The number of anilines is 1. The lowest BCUT2D eigenvalue weighted by molar-refractivity contribution is 0.296. The average molecular weight is 346 g/mol. The maximum Gasteiger partial charge on any atom is 0.181 e. The lowest BCUT2D eigenvalue weighted by atomic mass is 9.98. The largest absolute Gasteiger partial charge is 0.361 e. The van der Waals surface area contributed by atoms with Crippen molar-refractivity contribution in [1.29, 1.82) is 0 Å². The predicted octanol–water partition coefficient (Wildman–Crippen LogP) is 5.68. The van der Waals surface area contributed by atoms with Gasteiger partial charge in [-0.05, 0) is 31.9 Å². The molecule has 0 fully saturated rings. The Hall–Kier alpha value is -2.62. The van der Waals surface area contributed by atoms with E-state index >= 15 is 0 Å². The van der Waals surface area contributed by atoms with Crippen LogP contribution in [0.2, 0.25) is 0 Å². The van der Waals surface area contributed by atoms with E-state index in [-0.39, 0.29) is 5.66 Å². The number of benzene rings is 2. The van der Waals surface area contributed by atoms with E-state index in [0.717, 1.165) is 34.9 Å². The van der Waals surface area contributed by atoms with Crippen LogP contribution >= 0.6 is 0 Å². The van der Waals surface area contributed by atoms with Gasteiger partial charge in [-0.15, -0.1) is 5.10 Å². The number of nitrogens with zero attached hydrogens (tertiary/aromatic N) is 3. The lowest BCUT2D eigenvalue weighted by Gasteiger charge is -2.37. The second kappa shape index (κ2) is 6.94. The molecule has 1 atom stereocenters. The summed E-state index contributed by atoms with van der Waals surface area (Å²) >= 11 is 0. The average Bonchev–Trinajstić information content (AvgIpc) is 3.13. The smallest absolute Gasteiger partial charge is 0.181 e. The summed E-state index contributed by atoms with van der Waals surface area (Å²) in [7, 11) is 0. The van der Waals surface area contributed by atoms with Crippen LogP contribution in [-0.4, -0.2) is 14.8 Å². The molecule has 3 aromatic rings. The van der Waals surface area contributed by atoms with Gasteiger partial charge in [-0.3, -0.25) is 0 Å². The first-order valence-corrected chi connectivity index (χ1v) is 9.62. The van der Waals surface area contributed by atoms with Gasteiger partial charge in [-0.2, -0.15) is 0 Å². The molecule has 0 spiro atoms. The Labute approximate surface area is 155 Å². The fourth-order valence-corrected chi connectivity index (χ4v) is 3.73. The number of nitrogens with one attached hydrogen (secondary N) is 1. The zero-order valence-electron chi connectivity index (χ0n) is 15.6. The number of aromatic nitrogens is 3. The molecule has 0 aliphatic carbocycles. The molecule has 4 nitrogen and oxygen atoms in total. The van der Waals surface area contributed by atoms with Crippen LogP contribution in [0.4, 0.5) is 5.69 Å². The summed E-state index contributed by atoms with van der Waals surface area (Å²) in [6.45, 7) is 4.49. The molecule has 4 rings (SSSR count). The molecule has 0 radical (unpaired) electrons. The molecular formula is C22H26N4. The molecule has 1 N–H and O–H groups in total. The molecule has 134 valence electrons. The highest BCUT2D eigenvalue weighted by Gasteiger charge is 2.36. The Morgan fingerprint density at radius 3 is 2.54 bits per heavy atom. The zero-order valence-corrected chi connectivity index (χ0v) is 15.6. The first-order chi connectivity index (χ1) is 12.7. The van der Waals surface area contributed by atoms with Gasteiger partial charge in [0.15, 0.2) is 11.6 Å². The number of fused-ring (bicyclic) bond motifs is 3. The van der Waals surface area contributed by atoms with E-state index in [1.165, 1.54) is 25.7 Å². The predicted molar refractivity (Wildman–Crippen MR) is 107 cm³/mol. The molecule has 1 aliphatic rings. The highest BCUT2D eigenvalue weighted by Crippen LogP contribution is 2.40. The third-order valence-corrected chi connectivity index (χ3v) is 5.20. The number of unbranched alkanes of at least 4 members (excludes halogenated alkanes) is 3. The topological polar surface area (TPSA) is 42.7 Å². The second-order valence-corrected chi connectivity index (χ2v) is 7.29. The van der Waals surface area contributed by atoms with Crippen molar-refractivity contribution < 1.29 is 0 Å². The highest BCUT2D eigenvalue weighted by molar-refractivity contribution is 5.77. The van der Waals surface area contributed by atoms with Crippen molar-refractivity contribution in [3.05, 3.63) is 54.6 Å². The Balaban J connectivity index is 1.75. The van der Waals surface area contributed by atoms with Crippen LogP contribution < -0.4 is 5.32 Å². The molecule has 2 aromatic carbocycles. The van der Waals surface area contributed by atoms with Crippen molar-refractivity contribution in [1.82, 2.24) is 14.8 Å². The van der Waals surface area contributed by atoms with Crippen LogP contribution in [0, 0.1) is 0 Å². The summed E-state index contributed by atoms with van der Waals surface area (Å²) in [5.41, 5.74) is 3.07. The zero-order chi connectivity index (χ0) is 18.0. The van der Waals surface area contributed by atoms with E-state index in [0.29, 0.717) is 0 Å². The molecule has 0 saturated carbocycles. The molecule has 2 heterocycles. The van der Waals surface area contributed by atoms with Crippen LogP contribution in [0.1, 0.15) is 46.0 Å². The van der Waals surface area contributed by atoms with Crippen molar-refractivity contribution in [2.24, 2.45) is 0 Å². The summed E-state index contributed by atoms with van der Waals surface area (Å²) in [6.07, 6.45) is 6.00. The Morgan fingerprint density at radius 1 is 0.962 bits per heavy atom. The number of para-hydroxylation sites is 1. The van der Waals surface area contributed by atoms with Gasteiger partial charge in [-0.25, -0.2) is 9.67 Å². The van der Waals surface area contributed by atoms with Gasteiger partial charge < -0.3 is 5.32 Å². The molecule has 4 heteroatoms. The van der Waals surface area contributed by atoms with Gasteiger partial charge in [0.2, 0.25) is 0 Å². The van der Waals surface area contributed by atoms with Gasteiger partial charge in [0, 0.05) is 16.8 Å². The van der Waals surface area contributed by atoms with Gasteiger partial charge in [0.05, 0.1) is 0 Å². The van der Waals surface area contributed by atoms with Crippen molar-refractivity contribution >= 4 is 5.69 Å². The van der Waals surface area contributed by atoms with Gasteiger partial charge >= 0.3 is 0 Å². The van der Waals surface area contributed by atoms with Crippen molar-refractivity contribution in [2.45, 2.75) is 51.6 Å². The Morgan fingerprint density at radius 2 is 1.73 bits per heavy atom. The fourth-order valence-electron chi connectivity index (χ4n) is 3.73. The van der Waals surface area contributed by atoms with Crippen LogP contribution in [0.5, 0.6) is 0 Å². The van der Waals surface area contributed by atoms with E-state index in [1.54, 1.807) is 0 Å². The second-order valence-electron chi connectivity index (χ2n) is 7.29. The number of hydrogen-bond acceptors (Lipinski definition) is 3. The minimum Gasteiger partial charge on any atom is -0.361 e. The molecule has 26 heavy (non-hydrogen) atoms. The van der Waals surface area contributed by atoms with Gasteiger partial charge in [-0.1, -0.05) is 68.7 Å². The number of hydrogen-bond donors (Lipinski definition) is 1. The minimum atomic E-state index is -0.253. The number of rotatable bonds is 6. The summed E-state index contributed by atoms with van der Waals surface area (Å²) in [5.74, 6) is 1.75. The summed E-state index contributed by atoms with van der Waals surface area (Å²) in [6, 6.07) is 18.6. The van der Waals surface area contributed by atoms with Crippen molar-refractivity contribution in [3.63, 3.8) is 0 Å². The maximum atomic E-state index is 4.92. The van der Waals surface area contributed by atoms with Gasteiger partial charge in [0.1, 0.15) is 5.66 Å². The third kappa shape index (κ3) is 3.00. The molecule has 1 aliphatic heterocycles. The lowest BCUT2D eigenvalue weighted by Crippen LogP contribution is -2.42. The minimum absolute atomic E-state index is 0.253. The summed E-state index contributed by atoms with van der Waals surface area (Å²) in [5, 5.41) is 8.65. The van der Waals surface area contributed by atoms with Crippen LogP contribution in [0.25, 0.3) is 22.8 Å². The van der Waals surface area contributed by atoms with E-state index in [4.69, 9.17) is 10.1 Å². The SMILES string of the molecule is CCCCCC[C@@]1(C)Nc2ccccc2-c2nc(-c3ccccc3)nn21. The Kier molecular flexibility index (Phi) is 4.49. The normalized spacial score (nSPS) is 18.1. The first kappa shape index (κ1) is 16.8. The van der Waals surface area contributed by atoms with E-state index in [2.05, 4.69) is 60.2 Å². The third-order valence-electron chi connectivity index (χ3n) is 5.20.